The van der Waals surface area contributed by atoms with Gasteiger partial charge in [0.05, 0.1) is 11.5 Å². The molecule has 3 heterocycles. The Morgan fingerprint density at radius 1 is 1.19 bits per heavy atom. The first kappa shape index (κ1) is 24.5. The van der Waals surface area contributed by atoms with Gasteiger partial charge in [-0.15, -0.1) is 0 Å². The van der Waals surface area contributed by atoms with E-state index in [4.69, 9.17) is 19.7 Å². The maximum atomic E-state index is 12.6. The van der Waals surface area contributed by atoms with Gasteiger partial charge < -0.3 is 24.6 Å². The molecule has 0 amide bonds. The molecule has 0 aromatic heterocycles. The quantitative estimate of drug-likeness (QED) is 0.291. The zero-order chi connectivity index (χ0) is 23.3. The van der Waals surface area contributed by atoms with Gasteiger partial charge in [0.2, 0.25) is 0 Å². The van der Waals surface area contributed by atoms with Crippen molar-refractivity contribution in [1.29, 1.82) is 0 Å². The molecule has 8 heteroatoms. The molecule has 8 nitrogen and oxygen atoms in total. The first-order chi connectivity index (χ1) is 15.2. The van der Waals surface area contributed by atoms with Crippen LogP contribution in [0.25, 0.3) is 0 Å². The number of likely N-dealkylation sites (tertiary alicyclic amines) is 1. The minimum atomic E-state index is -1.26. The van der Waals surface area contributed by atoms with Gasteiger partial charge >= 0.3 is 17.9 Å². The third-order valence-electron chi connectivity index (χ3n) is 7.01. The van der Waals surface area contributed by atoms with Crippen LogP contribution in [0, 0.1) is 11.8 Å². The SMILES string of the molecule is C/C1=C\CC[C@@]2(C)O[C@H]2[C@H]2OC(=O)[C@@H](CN3CCCCC3)[C@@H]2CC1.O=C(O)/C=C/C(=O)O. The molecule has 0 unspecified atom stereocenters. The van der Waals surface area contributed by atoms with Crippen molar-refractivity contribution >= 4 is 17.9 Å². The van der Waals surface area contributed by atoms with Crippen molar-refractivity contribution in [3.05, 3.63) is 23.8 Å². The van der Waals surface area contributed by atoms with E-state index in [-0.39, 0.29) is 29.7 Å². The molecule has 5 atom stereocenters. The minimum Gasteiger partial charge on any atom is -0.478 e. The molecular formula is C24H35NO7. The number of rotatable bonds is 4. The Balaban J connectivity index is 0.000000312. The van der Waals surface area contributed by atoms with Gasteiger partial charge in [0.25, 0.3) is 0 Å². The molecule has 0 radical (unpaired) electrons. The zero-order valence-corrected chi connectivity index (χ0v) is 19.0. The second-order valence-corrected chi connectivity index (χ2v) is 9.52. The van der Waals surface area contributed by atoms with Crippen molar-refractivity contribution in [2.75, 3.05) is 19.6 Å². The molecule has 3 fully saturated rings. The highest BCUT2D eigenvalue weighted by Gasteiger charge is 2.62. The Hall–Kier alpha value is -2.19. The van der Waals surface area contributed by atoms with Crippen LogP contribution in [-0.2, 0) is 23.9 Å². The second-order valence-electron chi connectivity index (χ2n) is 9.52. The van der Waals surface area contributed by atoms with Gasteiger partial charge in [-0.3, -0.25) is 4.79 Å². The summed E-state index contributed by atoms with van der Waals surface area (Å²) in [6.07, 6.45) is 11.7. The van der Waals surface area contributed by atoms with E-state index in [9.17, 15) is 14.4 Å². The topological polar surface area (TPSA) is 117 Å². The van der Waals surface area contributed by atoms with Crippen LogP contribution in [0.4, 0.5) is 0 Å². The number of carboxylic acid groups (broad SMARTS) is 2. The molecule has 32 heavy (non-hydrogen) atoms. The van der Waals surface area contributed by atoms with Crippen LogP contribution in [0.15, 0.2) is 23.8 Å². The second kappa shape index (κ2) is 10.6. The molecule has 0 aromatic carbocycles. The molecule has 178 valence electrons. The average Bonchev–Trinajstić information content (AvgIpc) is 3.32. The monoisotopic (exact) mass is 449 g/mol. The molecule has 0 aromatic rings. The Kier molecular flexibility index (Phi) is 8.11. The summed E-state index contributed by atoms with van der Waals surface area (Å²) in [4.78, 5) is 34.2. The van der Waals surface area contributed by atoms with Crippen LogP contribution in [0.5, 0.6) is 0 Å². The van der Waals surface area contributed by atoms with Gasteiger partial charge in [-0.25, -0.2) is 9.59 Å². The van der Waals surface area contributed by atoms with Crippen LogP contribution in [0.1, 0.15) is 58.8 Å². The number of esters is 1. The molecular weight excluding hydrogens is 414 g/mol. The first-order valence-electron chi connectivity index (χ1n) is 11.6. The standard InChI is InChI=1S/C20H31NO3.C4H4O4/c1-14-7-6-10-20(2)18(24-20)17-15(9-8-14)16(19(22)23-17)13-21-11-4-3-5-12-21;5-3(6)1-2-4(7)8/h7,15-18H,3-6,8-13H2,1-2H3;1-2H,(H,5,6)(H,7,8)/b14-7+;2-1+/t15-,16-,17-,18-,20+;/m0./s1. The maximum Gasteiger partial charge on any atom is 0.328 e. The summed E-state index contributed by atoms with van der Waals surface area (Å²) in [5.41, 5.74) is 1.37. The summed E-state index contributed by atoms with van der Waals surface area (Å²) in [5, 5.41) is 15.6. The predicted molar refractivity (Wildman–Crippen MR) is 117 cm³/mol. The normalized spacial score (nSPS) is 36.6. The summed E-state index contributed by atoms with van der Waals surface area (Å²) in [6.45, 7) is 7.56. The number of hydrogen-bond acceptors (Lipinski definition) is 6. The van der Waals surface area contributed by atoms with Gasteiger partial charge in [0.1, 0.15) is 12.2 Å². The lowest BCUT2D eigenvalue weighted by molar-refractivity contribution is -0.145. The van der Waals surface area contributed by atoms with E-state index in [1.165, 1.54) is 24.8 Å². The number of piperidine rings is 1. The summed E-state index contributed by atoms with van der Waals surface area (Å²) >= 11 is 0. The highest BCUT2D eigenvalue weighted by Crippen LogP contribution is 2.50. The number of carboxylic acids is 2. The first-order valence-corrected chi connectivity index (χ1v) is 11.6. The Morgan fingerprint density at radius 2 is 1.84 bits per heavy atom. The van der Waals surface area contributed by atoms with Crippen molar-refractivity contribution in [2.24, 2.45) is 11.8 Å². The van der Waals surface area contributed by atoms with Crippen LogP contribution in [-0.4, -0.2) is 70.5 Å². The lowest BCUT2D eigenvalue weighted by Gasteiger charge is -2.30. The molecule has 2 N–H and O–H groups in total. The number of nitrogens with zero attached hydrogens (tertiary/aromatic N) is 1. The smallest absolute Gasteiger partial charge is 0.328 e. The minimum absolute atomic E-state index is 0.0225. The summed E-state index contributed by atoms with van der Waals surface area (Å²) < 4.78 is 11.9. The molecule has 0 spiro atoms. The van der Waals surface area contributed by atoms with Crippen LogP contribution in [0.2, 0.25) is 0 Å². The van der Waals surface area contributed by atoms with E-state index in [2.05, 4.69) is 24.8 Å². The van der Waals surface area contributed by atoms with Gasteiger partial charge in [-0.05, 0) is 65.5 Å². The number of fused-ring (bicyclic) bond motifs is 3. The van der Waals surface area contributed by atoms with E-state index < -0.39 is 11.9 Å². The van der Waals surface area contributed by atoms with Gasteiger partial charge in [0, 0.05) is 24.6 Å². The fraction of sp³-hybridized carbons (Fsp3) is 0.708. The Bertz CT molecular complexity index is 754. The van der Waals surface area contributed by atoms with Crippen molar-refractivity contribution in [3.8, 4) is 0 Å². The zero-order valence-electron chi connectivity index (χ0n) is 19.0. The van der Waals surface area contributed by atoms with Crippen molar-refractivity contribution in [2.45, 2.75) is 76.6 Å². The Morgan fingerprint density at radius 3 is 2.47 bits per heavy atom. The van der Waals surface area contributed by atoms with E-state index in [0.29, 0.717) is 18.1 Å². The van der Waals surface area contributed by atoms with E-state index >= 15 is 0 Å². The highest BCUT2D eigenvalue weighted by molar-refractivity contribution is 5.89. The molecule has 4 aliphatic rings. The Labute approximate surface area is 189 Å². The van der Waals surface area contributed by atoms with Crippen molar-refractivity contribution in [1.82, 2.24) is 4.90 Å². The van der Waals surface area contributed by atoms with Gasteiger partial charge in [-0.2, -0.15) is 0 Å². The molecule has 0 saturated carbocycles. The van der Waals surface area contributed by atoms with E-state index in [0.717, 1.165) is 45.3 Å². The summed E-state index contributed by atoms with van der Waals surface area (Å²) in [7, 11) is 0. The predicted octanol–water partition coefficient (Wildman–Crippen LogP) is 3.02. The fourth-order valence-electron chi connectivity index (χ4n) is 5.11. The number of ether oxygens (including phenoxy) is 2. The highest BCUT2D eigenvalue weighted by atomic mass is 16.6. The van der Waals surface area contributed by atoms with E-state index in [1.807, 2.05) is 0 Å². The number of allylic oxidation sites excluding steroid dienone is 2. The average molecular weight is 450 g/mol. The number of epoxide rings is 1. The largest absolute Gasteiger partial charge is 0.478 e. The van der Waals surface area contributed by atoms with Crippen molar-refractivity contribution in [3.63, 3.8) is 0 Å². The number of carbonyl (C=O) groups excluding carboxylic acids is 1. The number of carbonyl (C=O) groups is 3. The summed E-state index contributed by atoms with van der Waals surface area (Å²) in [5.74, 6) is -2.14. The molecule has 3 saturated heterocycles. The maximum absolute atomic E-state index is 12.6. The van der Waals surface area contributed by atoms with Crippen LogP contribution >= 0.6 is 0 Å². The van der Waals surface area contributed by atoms with Gasteiger partial charge in [-0.1, -0.05) is 18.1 Å². The lowest BCUT2D eigenvalue weighted by atomic mass is 9.80. The lowest BCUT2D eigenvalue weighted by Crippen LogP contribution is -2.39. The van der Waals surface area contributed by atoms with Gasteiger partial charge in [0.15, 0.2) is 0 Å². The number of aliphatic carboxylic acids is 2. The third kappa shape index (κ3) is 6.42. The number of hydrogen-bond donors (Lipinski definition) is 2. The molecule has 0 bridgehead atoms. The molecule has 3 aliphatic heterocycles. The molecule has 1 aliphatic carbocycles. The fourth-order valence-corrected chi connectivity index (χ4v) is 5.11. The van der Waals surface area contributed by atoms with Crippen LogP contribution < -0.4 is 0 Å². The summed E-state index contributed by atoms with van der Waals surface area (Å²) in [6, 6.07) is 0. The van der Waals surface area contributed by atoms with Crippen LogP contribution in [0.3, 0.4) is 0 Å². The van der Waals surface area contributed by atoms with Crippen molar-refractivity contribution < 1.29 is 34.1 Å². The molecule has 4 rings (SSSR count). The third-order valence-corrected chi connectivity index (χ3v) is 7.01. The van der Waals surface area contributed by atoms with E-state index in [1.54, 1.807) is 0 Å².